The standard InChI is InChI=1S/C22H23F5N6O/c23-20(24)34-17-3-11(5-29-19(17)28)15-4-16(31-21(30-15)33-6-10-1-12(33)2-10)18-13-7-32(8-14(13)18)9-22(25,26)27/h3-5,10,12-14,18,20H,1-2,6-9H2,(H2,28,29)/t10?,12?,13-,14+,18+. The zero-order valence-electron chi connectivity index (χ0n) is 18.1. The molecule has 3 aliphatic heterocycles. The summed E-state index contributed by atoms with van der Waals surface area (Å²) >= 11 is 0. The van der Waals surface area contributed by atoms with E-state index in [1.54, 1.807) is 6.07 Å². The van der Waals surface area contributed by atoms with Gasteiger partial charge in [0.1, 0.15) is 0 Å². The van der Waals surface area contributed by atoms with Gasteiger partial charge in [-0.2, -0.15) is 22.0 Å². The van der Waals surface area contributed by atoms with Crippen molar-refractivity contribution in [1.29, 1.82) is 0 Å². The Kier molecular flexibility index (Phi) is 4.88. The predicted octanol–water partition coefficient (Wildman–Crippen LogP) is 3.53. The van der Waals surface area contributed by atoms with Gasteiger partial charge in [0.05, 0.1) is 17.9 Å². The number of nitrogen functional groups attached to an aromatic ring is 1. The summed E-state index contributed by atoms with van der Waals surface area (Å²) in [6.07, 6.45) is -0.565. The van der Waals surface area contributed by atoms with Gasteiger partial charge in [0.25, 0.3) is 0 Å². The first-order valence-corrected chi connectivity index (χ1v) is 11.3. The van der Waals surface area contributed by atoms with Crippen molar-refractivity contribution < 1.29 is 26.7 Å². The Morgan fingerprint density at radius 1 is 1.09 bits per heavy atom. The van der Waals surface area contributed by atoms with Gasteiger partial charge in [-0.25, -0.2) is 15.0 Å². The molecule has 7 nitrogen and oxygen atoms in total. The summed E-state index contributed by atoms with van der Waals surface area (Å²) in [5, 5.41) is 0. The Labute approximate surface area is 192 Å². The lowest BCUT2D eigenvalue weighted by Crippen LogP contribution is -2.34. The van der Waals surface area contributed by atoms with E-state index in [0.29, 0.717) is 42.3 Å². The van der Waals surface area contributed by atoms with Gasteiger partial charge in [-0.15, -0.1) is 0 Å². The highest BCUT2D eigenvalue weighted by Crippen LogP contribution is 2.58. The fourth-order valence-electron chi connectivity index (χ4n) is 5.90. The highest BCUT2D eigenvalue weighted by molar-refractivity contribution is 5.66. The summed E-state index contributed by atoms with van der Waals surface area (Å²) in [5.74, 6) is 1.11. The molecule has 5 heterocycles. The van der Waals surface area contributed by atoms with Gasteiger partial charge in [-0.05, 0) is 42.7 Å². The van der Waals surface area contributed by atoms with Crippen LogP contribution in [-0.2, 0) is 0 Å². The molecule has 2 aromatic rings. The molecule has 0 radical (unpaired) electrons. The first-order chi connectivity index (χ1) is 16.1. The first-order valence-electron chi connectivity index (χ1n) is 11.3. The van der Waals surface area contributed by atoms with Crippen LogP contribution in [0.4, 0.5) is 33.7 Å². The van der Waals surface area contributed by atoms with Crippen LogP contribution in [0.25, 0.3) is 11.3 Å². The second kappa shape index (κ2) is 7.62. The smallest absolute Gasteiger partial charge is 0.401 e. The summed E-state index contributed by atoms with van der Waals surface area (Å²) in [6, 6.07) is 3.56. The number of halogens is 5. The van der Waals surface area contributed by atoms with Crippen molar-refractivity contribution in [3.05, 3.63) is 24.0 Å². The number of alkyl halides is 5. The quantitative estimate of drug-likeness (QED) is 0.631. The number of rotatable bonds is 6. The van der Waals surface area contributed by atoms with E-state index in [0.717, 1.165) is 25.1 Å². The van der Waals surface area contributed by atoms with Gasteiger partial charge in [0.15, 0.2) is 11.6 Å². The molecule has 2 aromatic heterocycles. The van der Waals surface area contributed by atoms with E-state index in [1.807, 2.05) is 0 Å². The Hall–Kier alpha value is -2.76. The molecule has 5 fully saturated rings. The number of pyridine rings is 1. The number of ether oxygens (including phenoxy) is 1. The third-order valence-corrected chi connectivity index (χ3v) is 7.51. The van der Waals surface area contributed by atoms with Gasteiger partial charge < -0.3 is 15.4 Å². The molecule has 2 aliphatic carbocycles. The molecule has 2 saturated carbocycles. The van der Waals surface area contributed by atoms with Crippen LogP contribution in [0.3, 0.4) is 0 Å². The fraction of sp³-hybridized carbons (Fsp3) is 0.591. The second-order valence-electron chi connectivity index (χ2n) is 9.77. The van der Waals surface area contributed by atoms with E-state index in [1.165, 1.54) is 17.2 Å². The lowest BCUT2D eigenvalue weighted by Gasteiger charge is -2.26. The minimum Gasteiger partial charge on any atom is -0.431 e. The topological polar surface area (TPSA) is 80.4 Å². The monoisotopic (exact) mass is 482 g/mol. The van der Waals surface area contributed by atoms with Gasteiger partial charge in [0, 0.05) is 43.4 Å². The maximum atomic E-state index is 12.8. The van der Waals surface area contributed by atoms with Crippen molar-refractivity contribution in [3.8, 4) is 17.0 Å². The number of aromatic nitrogens is 3. The van der Waals surface area contributed by atoms with Crippen molar-refractivity contribution in [2.45, 2.75) is 37.6 Å². The molecular weight excluding hydrogens is 459 g/mol. The van der Waals surface area contributed by atoms with Gasteiger partial charge in [-0.3, -0.25) is 4.90 Å². The van der Waals surface area contributed by atoms with Crippen molar-refractivity contribution >= 4 is 11.8 Å². The predicted molar refractivity (Wildman–Crippen MR) is 112 cm³/mol. The van der Waals surface area contributed by atoms with Crippen molar-refractivity contribution in [2.24, 2.45) is 17.8 Å². The molecule has 0 unspecified atom stereocenters. The van der Waals surface area contributed by atoms with Crippen LogP contribution in [0.5, 0.6) is 5.75 Å². The largest absolute Gasteiger partial charge is 0.431 e. The van der Waals surface area contributed by atoms with Gasteiger partial charge in [-0.1, -0.05) is 0 Å². The number of piperidine rings is 1. The average molecular weight is 482 g/mol. The Morgan fingerprint density at radius 3 is 2.44 bits per heavy atom. The Bertz CT molecular complexity index is 1100. The molecule has 0 spiro atoms. The second-order valence-corrected chi connectivity index (χ2v) is 9.77. The summed E-state index contributed by atoms with van der Waals surface area (Å²) in [4.78, 5) is 17.1. The van der Waals surface area contributed by atoms with Crippen LogP contribution in [0, 0.1) is 17.8 Å². The van der Waals surface area contributed by atoms with Crippen LogP contribution in [-0.4, -0.2) is 64.9 Å². The van der Waals surface area contributed by atoms with Gasteiger partial charge in [0.2, 0.25) is 5.95 Å². The Balaban J connectivity index is 1.31. The number of nitrogens with zero attached hydrogens (tertiary/aromatic N) is 5. The lowest BCUT2D eigenvalue weighted by atomic mass is 9.86. The van der Waals surface area contributed by atoms with Gasteiger partial charge >= 0.3 is 12.8 Å². The molecular formula is C22H23F5N6O. The lowest BCUT2D eigenvalue weighted by molar-refractivity contribution is -0.144. The molecule has 2 bridgehead atoms. The molecule has 7 rings (SSSR count). The zero-order valence-corrected chi connectivity index (χ0v) is 18.1. The first kappa shape index (κ1) is 21.8. The molecule has 3 atom stereocenters. The van der Waals surface area contributed by atoms with Crippen molar-refractivity contribution in [3.63, 3.8) is 0 Å². The van der Waals surface area contributed by atoms with Crippen LogP contribution < -0.4 is 15.4 Å². The number of nitrogens with two attached hydrogens (primary N) is 1. The average Bonchev–Trinajstić information content (AvgIpc) is 3.11. The molecule has 0 aromatic carbocycles. The fourth-order valence-corrected chi connectivity index (χ4v) is 5.90. The molecule has 12 heteroatoms. The van der Waals surface area contributed by atoms with E-state index in [9.17, 15) is 22.0 Å². The van der Waals surface area contributed by atoms with Crippen LogP contribution in [0.2, 0.25) is 0 Å². The van der Waals surface area contributed by atoms with E-state index < -0.39 is 19.3 Å². The number of hydrogen-bond acceptors (Lipinski definition) is 7. The van der Waals surface area contributed by atoms with Crippen LogP contribution in [0.1, 0.15) is 24.5 Å². The number of anilines is 2. The highest BCUT2D eigenvalue weighted by Gasteiger charge is 2.58. The SMILES string of the molecule is Nc1ncc(-c2cc([C@H]3[C@@H]4CN(CC(F)(F)F)C[C@@H]43)nc(N3CC4CC3C4)n2)cc1OC(F)F. The van der Waals surface area contributed by atoms with E-state index >= 15 is 0 Å². The van der Waals surface area contributed by atoms with E-state index in [2.05, 4.69) is 14.6 Å². The molecule has 2 N–H and O–H groups in total. The molecule has 3 saturated heterocycles. The molecule has 34 heavy (non-hydrogen) atoms. The number of hydrogen-bond donors (Lipinski definition) is 1. The maximum absolute atomic E-state index is 12.8. The molecule has 182 valence electrons. The highest BCUT2D eigenvalue weighted by atomic mass is 19.4. The van der Waals surface area contributed by atoms with E-state index in [-0.39, 0.29) is 29.3 Å². The zero-order chi connectivity index (χ0) is 23.8. The third-order valence-electron chi connectivity index (χ3n) is 7.51. The van der Waals surface area contributed by atoms with Crippen molar-refractivity contribution in [2.75, 3.05) is 36.8 Å². The molecule has 0 amide bonds. The summed E-state index contributed by atoms with van der Waals surface area (Å²) < 4.78 is 68.4. The summed E-state index contributed by atoms with van der Waals surface area (Å²) in [7, 11) is 0. The number of likely N-dealkylation sites (tertiary alicyclic amines) is 1. The van der Waals surface area contributed by atoms with Crippen LogP contribution in [0.15, 0.2) is 18.3 Å². The maximum Gasteiger partial charge on any atom is 0.401 e. The minimum atomic E-state index is -4.21. The number of fused-ring (bicyclic) bond motifs is 2. The third kappa shape index (κ3) is 3.91. The van der Waals surface area contributed by atoms with Crippen molar-refractivity contribution in [1.82, 2.24) is 19.9 Å². The summed E-state index contributed by atoms with van der Waals surface area (Å²) in [6.45, 7) is -2.31. The van der Waals surface area contributed by atoms with E-state index in [4.69, 9.17) is 15.7 Å². The Morgan fingerprint density at radius 2 is 1.82 bits per heavy atom. The van der Waals surface area contributed by atoms with Crippen LogP contribution >= 0.6 is 0 Å². The summed E-state index contributed by atoms with van der Waals surface area (Å²) in [5.41, 5.74) is 7.43. The normalized spacial score (nSPS) is 29.9. The molecule has 5 aliphatic rings. The minimum absolute atomic E-state index is 0.0566.